The van der Waals surface area contributed by atoms with E-state index in [2.05, 4.69) is 0 Å². The molecule has 0 radical (unpaired) electrons. The number of aryl methyl sites for hydroxylation is 2. The summed E-state index contributed by atoms with van der Waals surface area (Å²) < 4.78 is 37.9. The van der Waals surface area contributed by atoms with Gasteiger partial charge in [0.2, 0.25) is 10.0 Å². The van der Waals surface area contributed by atoms with Crippen molar-refractivity contribution in [1.82, 2.24) is 9.21 Å². The molecule has 1 amide bonds. The highest BCUT2D eigenvalue weighted by Gasteiger charge is 2.31. The van der Waals surface area contributed by atoms with E-state index in [4.69, 9.17) is 9.47 Å². The second-order valence-corrected chi connectivity index (χ2v) is 8.97. The summed E-state index contributed by atoms with van der Waals surface area (Å²) in [6, 6.07) is 10.3. The third-order valence-corrected chi connectivity index (χ3v) is 7.13. The lowest BCUT2D eigenvalue weighted by molar-refractivity contribution is 0.0697. The molecule has 0 atom stereocenters. The highest BCUT2D eigenvalue weighted by molar-refractivity contribution is 7.89. The Bertz CT molecular complexity index is 989. The van der Waals surface area contributed by atoms with E-state index in [0.29, 0.717) is 35.0 Å². The monoisotopic (exact) mass is 418 g/mol. The molecule has 1 fully saturated rings. The molecule has 1 heterocycles. The Balaban J connectivity index is 1.74. The van der Waals surface area contributed by atoms with Gasteiger partial charge in [0, 0.05) is 37.8 Å². The number of piperazine rings is 1. The molecular weight excluding hydrogens is 392 g/mol. The van der Waals surface area contributed by atoms with Crippen LogP contribution in [-0.4, -0.2) is 63.9 Å². The Labute approximate surface area is 171 Å². The summed E-state index contributed by atoms with van der Waals surface area (Å²) in [4.78, 5) is 14.9. The number of nitrogens with zero attached hydrogens (tertiary/aromatic N) is 2. The summed E-state index contributed by atoms with van der Waals surface area (Å²) in [5, 5.41) is 0. The summed E-state index contributed by atoms with van der Waals surface area (Å²) in [7, 11) is -0.534. The minimum atomic E-state index is -3.59. The maximum absolute atomic E-state index is 13.0. The summed E-state index contributed by atoms with van der Waals surface area (Å²) in [6.45, 7) is 4.88. The van der Waals surface area contributed by atoms with Crippen LogP contribution in [0.15, 0.2) is 41.3 Å². The minimum Gasteiger partial charge on any atom is -0.497 e. The van der Waals surface area contributed by atoms with Crippen LogP contribution in [0.1, 0.15) is 21.5 Å². The van der Waals surface area contributed by atoms with Gasteiger partial charge in [-0.15, -0.1) is 0 Å². The van der Waals surface area contributed by atoms with Crippen molar-refractivity contribution in [2.24, 2.45) is 0 Å². The zero-order valence-electron chi connectivity index (χ0n) is 17.1. The van der Waals surface area contributed by atoms with E-state index in [1.807, 2.05) is 13.0 Å². The van der Waals surface area contributed by atoms with Crippen molar-refractivity contribution in [3.05, 3.63) is 53.1 Å². The SMILES string of the molecule is COc1cc(OC)cc(C(=O)N2CCN(S(=O)(=O)c3ccc(C)cc3C)CC2)c1. The molecule has 7 nitrogen and oxygen atoms in total. The van der Waals surface area contributed by atoms with Crippen molar-refractivity contribution in [2.45, 2.75) is 18.7 Å². The van der Waals surface area contributed by atoms with Gasteiger partial charge in [0.05, 0.1) is 19.1 Å². The van der Waals surface area contributed by atoms with E-state index in [1.165, 1.54) is 18.5 Å². The standard InChI is InChI=1S/C21H26N2O5S/c1-15-5-6-20(16(2)11-15)29(25,26)23-9-7-22(8-10-23)21(24)17-12-18(27-3)14-19(13-17)28-4/h5-6,11-14H,7-10H2,1-4H3. The smallest absolute Gasteiger partial charge is 0.254 e. The first-order valence-electron chi connectivity index (χ1n) is 9.36. The number of methoxy groups -OCH3 is 2. The highest BCUT2D eigenvalue weighted by Crippen LogP contribution is 2.25. The van der Waals surface area contributed by atoms with Crippen LogP contribution in [0.2, 0.25) is 0 Å². The summed E-state index contributed by atoms with van der Waals surface area (Å²) in [5.74, 6) is 0.887. The van der Waals surface area contributed by atoms with Crippen LogP contribution in [0, 0.1) is 13.8 Å². The van der Waals surface area contributed by atoms with E-state index >= 15 is 0 Å². The number of ether oxygens (including phenoxy) is 2. The summed E-state index contributed by atoms with van der Waals surface area (Å²) in [6.07, 6.45) is 0. The van der Waals surface area contributed by atoms with Crippen molar-refractivity contribution in [3.63, 3.8) is 0 Å². The molecule has 0 N–H and O–H groups in total. The van der Waals surface area contributed by atoms with Gasteiger partial charge in [-0.25, -0.2) is 8.42 Å². The predicted molar refractivity (Wildman–Crippen MR) is 110 cm³/mol. The van der Waals surface area contributed by atoms with Crippen molar-refractivity contribution in [2.75, 3.05) is 40.4 Å². The van der Waals surface area contributed by atoms with E-state index in [-0.39, 0.29) is 19.0 Å². The average Bonchev–Trinajstić information content (AvgIpc) is 2.72. The zero-order chi connectivity index (χ0) is 21.2. The second kappa shape index (κ2) is 8.42. The Kier molecular flexibility index (Phi) is 6.14. The first-order valence-corrected chi connectivity index (χ1v) is 10.8. The molecular formula is C21H26N2O5S. The van der Waals surface area contributed by atoms with Crippen LogP contribution in [0.5, 0.6) is 11.5 Å². The van der Waals surface area contributed by atoms with Crippen LogP contribution < -0.4 is 9.47 Å². The molecule has 2 aromatic carbocycles. The Morgan fingerprint density at radius 2 is 1.48 bits per heavy atom. The van der Waals surface area contributed by atoms with Crippen molar-refractivity contribution >= 4 is 15.9 Å². The van der Waals surface area contributed by atoms with Gasteiger partial charge in [-0.05, 0) is 37.6 Å². The maximum Gasteiger partial charge on any atom is 0.254 e. The summed E-state index contributed by atoms with van der Waals surface area (Å²) in [5.41, 5.74) is 2.20. The van der Waals surface area contributed by atoms with Crippen molar-refractivity contribution in [3.8, 4) is 11.5 Å². The van der Waals surface area contributed by atoms with Gasteiger partial charge in [-0.2, -0.15) is 4.31 Å². The molecule has 1 aliphatic heterocycles. The molecule has 0 saturated carbocycles. The van der Waals surface area contributed by atoms with Crippen LogP contribution in [0.25, 0.3) is 0 Å². The molecule has 3 rings (SSSR count). The minimum absolute atomic E-state index is 0.175. The van der Waals surface area contributed by atoms with Gasteiger partial charge in [0.15, 0.2) is 0 Å². The lowest BCUT2D eigenvalue weighted by Crippen LogP contribution is -2.50. The summed E-state index contributed by atoms with van der Waals surface area (Å²) >= 11 is 0. The van der Waals surface area contributed by atoms with Gasteiger partial charge in [-0.3, -0.25) is 4.79 Å². The van der Waals surface area contributed by atoms with Crippen LogP contribution in [0.3, 0.4) is 0 Å². The van der Waals surface area contributed by atoms with E-state index in [1.54, 1.807) is 42.2 Å². The van der Waals surface area contributed by atoms with Gasteiger partial charge in [0.1, 0.15) is 11.5 Å². The number of benzene rings is 2. The lowest BCUT2D eigenvalue weighted by Gasteiger charge is -2.34. The number of carbonyl (C=O) groups is 1. The van der Waals surface area contributed by atoms with E-state index in [0.717, 1.165) is 11.1 Å². The number of hydrogen-bond donors (Lipinski definition) is 0. The Morgan fingerprint density at radius 3 is 2.00 bits per heavy atom. The molecule has 0 spiro atoms. The van der Waals surface area contributed by atoms with Gasteiger partial charge < -0.3 is 14.4 Å². The topological polar surface area (TPSA) is 76.2 Å². The fourth-order valence-electron chi connectivity index (χ4n) is 3.47. The average molecular weight is 419 g/mol. The molecule has 29 heavy (non-hydrogen) atoms. The predicted octanol–water partition coefficient (Wildman–Crippen LogP) is 2.47. The van der Waals surface area contributed by atoms with Crippen LogP contribution >= 0.6 is 0 Å². The number of sulfonamides is 1. The molecule has 0 unspecified atom stereocenters. The van der Waals surface area contributed by atoms with E-state index < -0.39 is 10.0 Å². The fraction of sp³-hybridized carbons (Fsp3) is 0.381. The molecule has 156 valence electrons. The molecule has 1 saturated heterocycles. The largest absolute Gasteiger partial charge is 0.497 e. The number of rotatable bonds is 5. The molecule has 0 bridgehead atoms. The Morgan fingerprint density at radius 1 is 0.897 bits per heavy atom. The first-order chi connectivity index (χ1) is 13.8. The maximum atomic E-state index is 13.0. The zero-order valence-corrected chi connectivity index (χ0v) is 18.0. The highest BCUT2D eigenvalue weighted by atomic mass is 32.2. The third kappa shape index (κ3) is 4.38. The molecule has 2 aromatic rings. The quantitative estimate of drug-likeness (QED) is 0.746. The van der Waals surface area contributed by atoms with Gasteiger partial charge in [0.25, 0.3) is 5.91 Å². The third-order valence-electron chi connectivity index (χ3n) is 5.07. The number of hydrogen-bond acceptors (Lipinski definition) is 5. The van der Waals surface area contributed by atoms with E-state index in [9.17, 15) is 13.2 Å². The Hall–Kier alpha value is -2.58. The molecule has 0 aromatic heterocycles. The lowest BCUT2D eigenvalue weighted by atomic mass is 10.1. The van der Waals surface area contributed by atoms with Crippen molar-refractivity contribution < 1.29 is 22.7 Å². The first kappa shape index (κ1) is 21.1. The normalized spacial score (nSPS) is 15.2. The molecule has 0 aliphatic carbocycles. The van der Waals surface area contributed by atoms with Gasteiger partial charge >= 0.3 is 0 Å². The molecule has 8 heteroatoms. The molecule has 1 aliphatic rings. The number of amides is 1. The fourth-order valence-corrected chi connectivity index (χ4v) is 5.10. The van der Waals surface area contributed by atoms with Crippen molar-refractivity contribution in [1.29, 1.82) is 0 Å². The van der Waals surface area contributed by atoms with Crippen LogP contribution in [-0.2, 0) is 10.0 Å². The van der Waals surface area contributed by atoms with Gasteiger partial charge in [-0.1, -0.05) is 17.7 Å². The number of carbonyl (C=O) groups excluding carboxylic acids is 1. The second-order valence-electron chi connectivity index (χ2n) is 7.07. The van der Waals surface area contributed by atoms with Crippen LogP contribution in [0.4, 0.5) is 0 Å².